The maximum atomic E-state index is 12.6. The van der Waals surface area contributed by atoms with E-state index in [0.717, 1.165) is 51.5 Å². The Morgan fingerprint density at radius 1 is 1.20 bits per heavy atom. The molecule has 0 bridgehead atoms. The molecule has 1 N–H and O–H groups in total. The smallest absolute Gasteiger partial charge is 0.227 e. The lowest BCUT2D eigenvalue weighted by molar-refractivity contribution is -0.139. The number of carbonyl (C=O) groups excluding carboxylic acids is 2. The van der Waals surface area contributed by atoms with Crippen LogP contribution in [-0.4, -0.2) is 60.9 Å². The van der Waals surface area contributed by atoms with Crippen LogP contribution in [0.4, 0.5) is 0 Å². The quantitative estimate of drug-likeness (QED) is 0.882. The number of amides is 2. The topological polar surface area (TPSA) is 61.9 Å². The number of nitrogens with zero attached hydrogens (tertiary/aromatic N) is 2. The lowest BCUT2D eigenvalue weighted by Gasteiger charge is -2.37. The molecule has 0 aromatic heterocycles. The molecule has 2 amide bonds. The van der Waals surface area contributed by atoms with Crippen molar-refractivity contribution in [1.29, 1.82) is 0 Å². The first kappa shape index (κ1) is 16.4. The van der Waals surface area contributed by atoms with Gasteiger partial charge in [-0.3, -0.25) is 14.5 Å². The summed E-state index contributed by atoms with van der Waals surface area (Å²) in [5.41, 5.74) is 2.63. The molecule has 1 aromatic rings. The predicted octanol–water partition coefficient (Wildman–Crippen LogP) is 0.792. The number of carbonyl (C=O) groups is 2. The Morgan fingerprint density at radius 3 is 2.80 bits per heavy atom. The number of benzene rings is 1. The largest absolute Gasteiger partial charge is 0.493 e. The molecule has 3 heterocycles. The van der Waals surface area contributed by atoms with E-state index in [2.05, 4.69) is 28.4 Å². The molecule has 0 unspecified atom stereocenters. The Kier molecular flexibility index (Phi) is 4.61. The molecule has 0 saturated carbocycles. The third kappa shape index (κ3) is 3.63. The second-order valence-electron chi connectivity index (χ2n) is 7.18. The number of rotatable bonds is 3. The van der Waals surface area contributed by atoms with Crippen LogP contribution in [0.25, 0.3) is 0 Å². The van der Waals surface area contributed by atoms with Crippen molar-refractivity contribution in [2.24, 2.45) is 5.92 Å². The molecule has 6 heteroatoms. The van der Waals surface area contributed by atoms with E-state index in [1.165, 1.54) is 11.1 Å². The lowest BCUT2D eigenvalue weighted by atomic mass is 9.97. The maximum Gasteiger partial charge on any atom is 0.227 e. The Balaban J connectivity index is 1.28. The van der Waals surface area contributed by atoms with Crippen LogP contribution in [0, 0.1) is 5.92 Å². The number of hydrogen-bond acceptors (Lipinski definition) is 4. The van der Waals surface area contributed by atoms with Crippen LogP contribution < -0.4 is 10.1 Å². The Bertz CT molecular complexity index is 658. The molecule has 6 nitrogen and oxygen atoms in total. The summed E-state index contributed by atoms with van der Waals surface area (Å²) in [7, 11) is 0. The van der Waals surface area contributed by atoms with E-state index in [1.807, 2.05) is 4.90 Å². The predicted molar refractivity (Wildman–Crippen MR) is 93.2 cm³/mol. The minimum absolute atomic E-state index is 0.0408. The Hall–Kier alpha value is -2.08. The summed E-state index contributed by atoms with van der Waals surface area (Å²) in [6, 6.07) is 6.48. The van der Waals surface area contributed by atoms with E-state index in [4.69, 9.17) is 4.74 Å². The second kappa shape index (κ2) is 7.04. The lowest BCUT2D eigenvalue weighted by Crippen LogP contribution is -2.52. The van der Waals surface area contributed by atoms with Crippen LogP contribution in [0.3, 0.4) is 0 Å². The molecule has 0 aliphatic carbocycles. The molecule has 1 atom stereocenters. The van der Waals surface area contributed by atoms with Crippen LogP contribution in [0.5, 0.6) is 5.75 Å². The van der Waals surface area contributed by atoms with Gasteiger partial charge in [0, 0.05) is 52.1 Å². The summed E-state index contributed by atoms with van der Waals surface area (Å²) in [4.78, 5) is 28.2. The van der Waals surface area contributed by atoms with E-state index < -0.39 is 0 Å². The van der Waals surface area contributed by atoms with Crippen molar-refractivity contribution in [2.45, 2.75) is 25.8 Å². The molecule has 3 aliphatic heterocycles. The van der Waals surface area contributed by atoms with E-state index in [0.29, 0.717) is 19.4 Å². The van der Waals surface area contributed by atoms with Gasteiger partial charge in [-0.2, -0.15) is 0 Å². The zero-order valence-corrected chi connectivity index (χ0v) is 14.5. The first-order valence-electron chi connectivity index (χ1n) is 9.21. The van der Waals surface area contributed by atoms with E-state index in [9.17, 15) is 9.59 Å². The number of piperazine rings is 1. The second-order valence-corrected chi connectivity index (χ2v) is 7.18. The van der Waals surface area contributed by atoms with Crippen molar-refractivity contribution >= 4 is 11.8 Å². The van der Waals surface area contributed by atoms with Gasteiger partial charge in [0.05, 0.1) is 12.5 Å². The van der Waals surface area contributed by atoms with Gasteiger partial charge in [0.1, 0.15) is 5.75 Å². The minimum Gasteiger partial charge on any atom is -0.493 e. The average Bonchev–Trinajstić information content (AvgIpc) is 3.10. The number of hydrogen-bond donors (Lipinski definition) is 1. The van der Waals surface area contributed by atoms with E-state index in [1.54, 1.807) is 0 Å². The summed E-state index contributed by atoms with van der Waals surface area (Å²) in [5.74, 6) is 1.25. The molecule has 25 heavy (non-hydrogen) atoms. The highest BCUT2D eigenvalue weighted by atomic mass is 16.5. The number of nitrogens with one attached hydrogen (secondary N) is 1. The normalized spacial score (nSPS) is 23.8. The Labute approximate surface area is 148 Å². The van der Waals surface area contributed by atoms with Gasteiger partial charge < -0.3 is 15.0 Å². The van der Waals surface area contributed by atoms with E-state index >= 15 is 0 Å². The third-order valence-corrected chi connectivity index (χ3v) is 5.46. The molecule has 3 aliphatic rings. The molecule has 0 spiro atoms. The highest BCUT2D eigenvalue weighted by molar-refractivity contribution is 5.83. The van der Waals surface area contributed by atoms with Gasteiger partial charge in [-0.25, -0.2) is 0 Å². The maximum absolute atomic E-state index is 12.6. The Morgan fingerprint density at radius 2 is 2.04 bits per heavy atom. The van der Waals surface area contributed by atoms with Crippen molar-refractivity contribution in [1.82, 2.24) is 15.1 Å². The fourth-order valence-electron chi connectivity index (χ4n) is 3.92. The molecular formula is C19H25N3O3. The standard InChI is InChI=1S/C19H25N3O3/c23-18-4-2-16(12-20-18)19(24)22-8-6-21(7-9-22)13-14-1-3-17-15(11-14)5-10-25-17/h1,3,11,16H,2,4-10,12-13H2,(H,20,23)/t16-/m1/s1. The highest BCUT2D eigenvalue weighted by Gasteiger charge is 2.30. The number of fused-ring (bicyclic) bond motifs is 1. The van der Waals surface area contributed by atoms with Crippen LogP contribution in [-0.2, 0) is 22.6 Å². The molecule has 1 aromatic carbocycles. The van der Waals surface area contributed by atoms with Gasteiger partial charge in [-0.1, -0.05) is 12.1 Å². The third-order valence-electron chi connectivity index (χ3n) is 5.46. The van der Waals surface area contributed by atoms with Crippen LogP contribution in [0.1, 0.15) is 24.0 Å². The highest BCUT2D eigenvalue weighted by Crippen LogP contribution is 2.26. The summed E-state index contributed by atoms with van der Waals surface area (Å²) in [5, 5.41) is 2.81. The molecule has 134 valence electrons. The van der Waals surface area contributed by atoms with Crippen molar-refractivity contribution < 1.29 is 14.3 Å². The van der Waals surface area contributed by atoms with Crippen molar-refractivity contribution in [3.05, 3.63) is 29.3 Å². The number of ether oxygens (including phenoxy) is 1. The summed E-state index contributed by atoms with van der Waals surface area (Å²) >= 11 is 0. The summed E-state index contributed by atoms with van der Waals surface area (Å²) < 4.78 is 5.56. The van der Waals surface area contributed by atoms with Gasteiger partial charge in [-0.15, -0.1) is 0 Å². The fraction of sp³-hybridized carbons (Fsp3) is 0.579. The zero-order chi connectivity index (χ0) is 17.2. The van der Waals surface area contributed by atoms with E-state index in [-0.39, 0.29) is 17.7 Å². The first-order chi connectivity index (χ1) is 12.2. The molecule has 4 rings (SSSR count). The molecule has 2 saturated heterocycles. The average molecular weight is 343 g/mol. The number of piperidine rings is 1. The van der Waals surface area contributed by atoms with Gasteiger partial charge in [0.15, 0.2) is 0 Å². The minimum atomic E-state index is -0.0408. The molecule has 2 fully saturated rings. The monoisotopic (exact) mass is 343 g/mol. The van der Waals surface area contributed by atoms with Gasteiger partial charge in [0.2, 0.25) is 11.8 Å². The molecule has 0 radical (unpaired) electrons. The SMILES string of the molecule is O=C1CC[C@@H](C(=O)N2CCN(Cc3ccc4c(c3)CCO4)CC2)CN1. The van der Waals surface area contributed by atoms with Gasteiger partial charge in [0.25, 0.3) is 0 Å². The zero-order valence-electron chi connectivity index (χ0n) is 14.5. The van der Waals surface area contributed by atoms with Gasteiger partial charge >= 0.3 is 0 Å². The van der Waals surface area contributed by atoms with Crippen molar-refractivity contribution in [3.63, 3.8) is 0 Å². The first-order valence-corrected chi connectivity index (χ1v) is 9.21. The van der Waals surface area contributed by atoms with Crippen LogP contribution in [0.15, 0.2) is 18.2 Å². The van der Waals surface area contributed by atoms with Crippen LogP contribution >= 0.6 is 0 Å². The van der Waals surface area contributed by atoms with Crippen molar-refractivity contribution in [2.75, 3.05) is 39.3 Å². The molecular weight excluding hydrogens is 318 g/mol. The summed E-state index contributed by atoms with van der Waals surface area (Å²) in [6.07, 6.45) is 2.16. The summed E-state index contributed by atoms with van der Waals surface area (Å²) in [6.45, 7) is 5.57. The van der Waals surface area contributed by atoms with Crippen molar-refractivity contribution in [3.8, 4) is 5.75 Å². The van der Waals surface area contributed by atoms with Crippen LogP contribution in [0.2, 0.25) is 0 Å². The fourth-order valence-corrected chi connectivity index (χ4v) is 3.92. The van der Waals surface area contributed by atoms with Gasteiger partial charge in [-0.05, 0) is 23.6 Å².